The van der Waals surface area contributed by atoms with Crippen molar-refractivity contribution in [2.75, 3.05) is 6.61 Å². The molecule has 3 atom stereocenters. The monoisotopic (exact) mass is 238 g/mol. The van der Waals surface area contributed by atoms with E-state index in [1.165, 1.54) is 37.7 Å². The summed E-state index contributed by atoms with van der Waals surface area (Å²) in [5.74, 6) is 0.582. The smallest absolute Gasteiger partial charge is 0.0496 e. The molecule has 1 aliphatic carbocycles. The Morgan fingerprint density at radius 2 is 1.82 bits per heavy atom. The fourth-order valence-corrected chi connectivity index (χ4v) is 3.39. The van der Waals surface area contributed by atoms with Crippen molar-refractivity contribution >= 4 is 0 Å². The van der Waals surface area contributed by atoms with E-state index in [0.717, 1.165) is 0 Å². The molecule has 0 spiro atoms. The number of hydrogen-bond donors (Lipinski definition) is 1. The summed E-state index contributed by atoms with van der Waals surface area (Å²) in [5, 5.41) is 9.68. The number of allylic oxidation sites excluding steroid dienone is 2. The van der Waals surface area contributed by atoms with Crippen LogP contribution in [0.2, 0.25) is 0 Å². The summed E-state index contributed by atoms with van der Waals surface area (Å²) in [4.78, 5) is 0. The molecule has 0 aliphatic heterocycles. The Hall–Kier alpha value is -0.300. The Labute approximate surface area is 107 Å². The van der Waals surface area contributed by atoms with Crippen molar-refractivity contribution in [2.24, 2.45) is 16.7 Å². The Balaban J connectivity index is 2.75. The van der Waals surface area contributed by atoms with Crippen LogP contribution < -0.4 is 0 Å². The number of unbranched alkanes of at least 4 members (excludes halogenated alkanes) is 1. The second-order valence-electron chi connectivity index (χ2n) is 6.34. The van der Waals surface area contributed by atoms with Gasteiger partial charge in [0.1, 0.15) is 0 Å². The predicted octanol–water partition coefficient (Wildman–Crippen LogP) is 4.56. The molecule has 1 saturated carbocycles. The maximum absolute atomic E-state index is 9.68. The third-order valence-corrected chi connectivity index (χ3v) is 5.07. The van der Waals surface area contributed by atoms with Crippen LogP contribution in [0.3, 0.4) is 0 Å². The summed E-state index contributed by atoms with van der Waals surface area (Å²) in [6.45, 7) is 11.6. The highest BCUT2D eigenvalue weighted by atomic mass is 16.3. The number of rotatable bonds is 7. The third-order valence-electron chi connectivity index (χ3n) is 5.07. The molecule has 100 valence electrons. The van der Waals surface area contributed by atoms with Crippen molar-refractivity contribution in [1.29, 1.82) is 0 Å². The first-order valence-corrected chi connectivity index (χ1v) is 7.24. The molecule has 0 aromatic heterocycles. The van der Waals surface area contributed by atoms with E-state index in [9.17, 15) is 5.11 Å². The highest BCUT2D eigenvalue weighted by molar-refractivity contribution is 5.25. The van der Waals surface area contributed by atoms with Crippen molar-refractivity contribution in [3.8, 4) is 0 Å². The SMILES string of the molecule is CCCC[C@@]1(C)[C@H](/C=C(\C)CCC)[C@]1(C)CO. The zero-order valence-corrected chi connectivity index (χ0v) is 12.3. The lowest BCUT2D eigenvalue weighted by atomic mass is 9.91. The van der Waals surface area contributed by atoms with Gasteiger partial charge >= 0.3 is 0 Å². The fourth-order valence-electron chi connectivity index (χ4n) is 3.39. The van der Waals surface area contributed by atoms with Crippen LogP contribution in [0.25, 0.3) is 0 Å². The minimum atomic E-state index is 0.122. The molecule has 1 aliphatic rings. The maximum atomic E-state index is 9.68. The molecule has 17 heavy (non-hydrogen) atoms. The second-order valence-corrected chi connectivity index (χ2v) is 6.34. The van der Waals surface area contributed by atoms with Crippen LogP contribution in [0.5, 0.6) is 0 Å². The Morgan fingerprint density at radius 1 is 1.18 bits per heavy atom. The van der Waals surface area contributed by atoms with Gasteiger partial charge in [-0.3, -0.25) is 0 Å². The molecule has 0 saturated heterocycles. The van der Waals surface area contributed by atoms with Crippen LogP contribution in [0.15, 0.2) is 11.6 Å². The van der Waals surface area contributed by atoms with E-state index in [1.807, 2.05) is 0 Å². The van der Waals surface area contributed by atoms with Gasteiger partial charge in [-0.15, -0.1) is 0 Å². The minimum absolute atomic E-state index is 0.122. The summed E-state index contributed by atoms with van der Waals surface area (Å²) >= 11 is 0. The molecule has 1 N–H and O–H groups in total. The molecule has 0 bridgehead atoms. The first-order valence-electron chi connectivity index (χ1n) is 7.24. The molecule has 0 aromatic rings. The summed E-state index contributed by atoms with van der Waals surface area (Å²) in [6, 6.07) is 0. The molecule has 0 aromatic carbocycles. The van der Waals surface area contributed by atoms with E-state index in [-0.39, 0.29) is 5.41 Å². The highest BCUT2D eigenvalue weighted by Crippen LogP contribution is 2.71. The van der Waals surface area contributed by atoms with Crippen molar-refractivity contribution in [3.05, 3.63) is 11.6 Å². The lowest BCUT2D eigenvalue weighted by molar-refractivity contribution is 0.182. The maximum Gasteiger partial charge on any atom is 0.0496 e. The largest absolute Gasteiger partial charge is 0.396 e. The van der Waals surface area contributed by atoms with Gasteiger partial charge in [0.05, 0.1) is 0 Å². The molecule has 1 heteroatoms. The van der Waals surface area contributed by atoms with Crippen molar-refractivity contribution in [3.63, 3.8) is 0 Å². The fraction of sp³-hybridized carbons (Fsp3) is 0.875. The number of hydrogen-bond acceptors (Lipinski definition) is 1. The van der Waals surface area contributed by atoms with Gasteiger partial charge in [0.15, 0.2) is 0 Å². The Morgan fingerprint density at radius 3 is 2.29 bits per heavy atom. The zero-order valence-electron chi connectivity index (χ0n) is 12.3. The van der Waals surface area contributed by atoms with Crippen LogP contribution in [0.4, 0.5) is 0 Å². The quantitative estimate of drug-likeness (QED) is 0.645. The molecular weight excluding hydrogens is 208 g/mol. The molecule has 0 radical (unpaired) electrons. The van der Waals surface area contributed by atoms with Crippen molar-refractivity contribution < 1.29 is 5.11 Å². The first kappa shape index (κ1) is 14.8. The summed E-state index contributed by atoms with van der Waals surface area (Å²) in [7, 11) is 0. The molecule has 1 fully saturated rings. The number of aliphatic hydroxyl groups is 1. The third kappa shape index (κ3) is 2.59. The average molecular weight is 238 g/mol. The topological polar surface area (TPSA) is 20.2 Å². The predicted molar refractivity (Wildman–Crippen MR) is 75.0 cm³/mol. The zero-order chi connectivity index (χ0) is 13.1. The average Bonchev–Trinajstić information content (AvgIpc) is 2.76. The van der Waals surface area contributed by atoms with Gasteiger partial charge in [-0.2, -0.15) is 0 Å². The van der Waals surface area contributed by atoms with Crippen LogP contribution in [0.1, 0.15) is 66.7 Å². The van der Waals surface area contributed by atoms with Gasteiger partial charge < -0.3 is 5.11 Å². The molecule has 1 nitrogen and oxygen atoms in total. The summed E-state index contributed by atoms with van der Waals surface area (Å²) < 4.78 is 0. The van der Waals surface area contributed by atoms with E-state index in [0.29, 0.717) is 17.9 Å². The minimum Gasteiger partial charge on any atom is -0.396 e. The lowest BCUT2D eigenvalue weighted by Crippen LogP contribution is -2.11. The molecule has 0 unspecified atom stereocenters. The van der Waals surface area contributed by atoms with E-state index in [2.05, 4.69) is 40.7 Å². The number of aliphatic hydroxyl groups excluding tert-OH is 1. The van der Waals surface area contributed by atoms with Crippen LogP contribution in [-0.2, 0) is 0 Å². The molecular formula is C16H30O. The van der Waals surface area contributed by atoms with E-state index in [4.69, 9.17) is 0 Å². The molecule has 0 heterocycles. The Kier molecular flexibility index (Phi) is 4.83. The summed E-state index contributed by atoms with van der Waals surface area (Å²) in [5.41, 5.74) is 1.95. The van der Waals surface area contributed by atoms with Gasteiger partial charge in [0, 0.05) is 12.0 Å². The van der Waals surface area contributed by atoms with Gasteiger partial charge in [-0.1, -0.05) is 58.6 Å². The second kappa shape index (κ2) is 5.56. The van der Waals surface area contributed by atoms with E-state index >= 15 is 0 Å². The van der Waals surface area contributed by atoms with Gasteiger partial charge in [-0.05, 0) is 31.1 Å². The van der Waals surface area contributed by atoms with E-state index < -0.39 is 0 Å². The normalized spacial score (nSPS) is 37.3. The van der Waals surface area contributed by atoms with Gasteiger partial charge in [-0.25, -0.2) is 0 Å². The van der Waals surface area contributed by atoms with Crippen molar-refractivity contribution in [1.82, 2.24) is 0 Å². The molecule has 0 amide bonds. The van der Waals surface area contributed by atoms with Crippen LogP contribution in [0, 0.1) is 16.7 Å². The highest BCUT2D eigenvalue weighted by Gasteiger charge is 2.68. The van der Waals surface area contributed by atoms with E-state index in [1.54, 1.807) is 0 Å². The van der Waals surface area contributed by atoms with Crippen molar-refractivity contribution in [2.45, 2.75) is 66.7 Å². The standard InChI is InChI=1S/C16H30O/c1-6-8-10-15(4)14(16(15,5)12-17)11-13(3)9-7-2/h11,14,17H,6-10,12H2,1-5H3/b13-11+/t14-,15-,16-/m0/s1. The van der Waals surface area contributed by atoms with Crippen LogP contribution in [-0.4, -0.2) is 11.7 Å². The molecule has 1 rings (SSSR count). The first-order chi connectivity index (χ1) is 7.96. The Bertz CT molecular complexity index is 281. The lowest BCUT2D eigenvalue weighted by Gasteiger charge is -2.15. The van der Waals surface area contributed by atoms with Gasteiger partial charge in [0.2, 0.25) is 0 Å². The summed E-state index contributed by atoms with van der Waals surface area (Å²) in [6.07, 6.45) is 8.64. The van der Waals surface area contributed by atoms with Crippen LogP contribution >= 0.6 is 0 Å². The van der Waals surface area contributed by atoms with Gasteiger partial charge in [0.25, 0.3) is 0 Å².